The van der Waals surface area contributed by atoms with Gasteiger partial charge in [-0.25, -0.2) is 4.98 Å². The molecule has 5 nitrogen and oxygen atoms in total. The van der Waals surface area contributed by atoms with Gasteiger partial charge >= 0.3 is 5.97 Å². The summed E-state index contributed by atoms with van der Waals surface area (Å²) in [6.45, 7) is 0.498. The lowest BCUT2D eigenvalue weighted by Crippen LogP contribution is -2.47. The van der Waals surface area contributed by atoms with E-state index < -0.39 is 5.97 Å². The van der Waals surface area contributed by atoms with Crippen LogP contribution in [0.5, 0.6) is 0 Å². The van der Waals surface area contributed by atoms with Crippen molar-refractivity contribution in [1.29, 1.82) is 0 Å². The molecule has 0 spiro atoms. The van der Waals surface area contributed by atoms with Crippen LogP contribution >= 0.6 is 35.0 Å². The summed E-state index contributed by atoms with van der Waals surface area (Å²) in [7, 11) is 0. The molecule has 1 aromatic rings. The number of rotatable bonds is 3. The molecule has 108 valence electrons. The minimum absolute atomic E-state index is 0.0742. The van der Waals surface area contributed by atoms with E-state index in [-0.39, 0.29) is 34.1 Å². The normalized spacial score (nSPS) is 18.9. The van der Waals surface area contributed by atoms with E-state index in [1.807, 2.05) is 0 Å². The summed E-state index contributed by atoms with van der Waals surface area (Å²) in [5, 5.41) is 9.32. The second-order valence-electron chi connectivity index (χ2n) is 4.31. The first-order valence-corrected chi connectivity index (χ1v) is 7.81. The molecule has 1 saturated heterocycles. The lowest BCUT2D eigenvalue weighted by Gasteiger charge is -2.34. The fraction of sp³-hybridized carbons (Fsp3) is 0.417. The SMILES string of the molecule is O=C(O)CC1CSCCN1C(=O)c1cc(Cl)ncc1Cl. The number of carboxylic acids is 1. The summed E-state index contributed by atoms with van der Waals surface area (Å²) in [6, 6.07) is 1.08. The maximum absolute atomic E-state index is 12.5. The molecule has 0 aliphatic carbocycles. The van der Waals surface area contributed by atoms with Crippen LogP contribution in [0.25, 0.3) is 0 Å². The lowest BCUT2D eigenvalue weighted by atomic mass is 10.1. The molecule has 1 aliphatic heterocycles. The van der Waals surface area contributed by atoms with E-state index in [4.69, 9.17) is 28.3 Å². The number of halogens is 2. The Labute approximate surface area is 130 Å². The van der Waals surface area contributed by atoms with Crippen molar-refractivity contribution in [2.24, 2.45) is 0 Å². The van der Waals surface area contributed by atoms with E-state index in [2.05, 4.69) is 4.98 Å². The molecule has 1 atom stereocenters. The lowest BCUT2D eigenvalue weighted by molar-refractivity contribution is -0.138. The number of thioether (sulfide) groups is 1. The van der Waals surface area contributed by atoms with E-state index in [1.54, 1.807) is 16.7 Å². The fourth-order valence-corrected chi connectivity index (χ4v) is 3.43. The Morgan fingerprint density at radius 2 is 2.25 bits per heavy atom. The average Bonchev–Trinajstić information content (AvgIpc) is 2.41. The number of hydrogen-bond acceptors (Lipinski definition) is 4. The van der Waals surface area contributed by atoms with Crippen molar-refractivity contribution in [2.75, 3.05) is 18.1 Å². The highest BCUT2D eigenvalue weighted by Crippen LogP contribution is 2.25. The first-order chi connectivity index (χ1) is 9.49. The highest BCUT2D eigenvalue weighted by molar-refractivity contribution is 7.99. The van der Waals surface area contributed by atoms with Crippen LogP contribution in [-0.2, 0) is 4.79 Å². The van der Waals surface area contributed by atoms with Crippen LogP contribution in [0.4, 0.5) is 0 Å². The van der Waals surface area contributed by atoms with Crippen molar-refractivity contribution < 1.29 is 14.7 Å². The van der Waals surface area contributed by atoms with Gasteiger partial charge in [0.2, 0.25) is 0 Å². The molecule has 2 rings (SSSR count). The van der Waals surface area contributed by atoms with Crippen LogP contribution in [0.3, 0.4) is 0 Å². The molecule has 1 fully saturated rings. The minimum atomic E-state index is -0.922. The maximum atomic E-state index is 12.5. The largest absolute Gasteiger partial charge is 0.481 e. The van der Waals surface area contributed by atoms with Gasteiger partial charge in [-0.15, -0.1) is 0 Å². The third kappa shape index (κ3) is 3.56. The van der Waals surface area contributed by atoms with Gasteiger partial charge in [0.05, 0.1) is 23.0 Å². The van der Waals surface area contributed by atoms with Gasteiger partial charge in [-0.2, -0.15) is 11.8 Å². The Balaban J connectivity index is 2.25. The molecule has 1 amide bonds. The zero-order valence-electron chi connectivity index (χ0n) is 10.4. The summed E-state index contributed by atoms with van der Waals surface area (Å²) in [4.78, 5) is 28.8. The Bertz CT molecular complexity index is 541. The van der Waals surface area contributed by atoms with Crippen molar-refractivity contribution >= 4 is 46.8 Å². The molecule has 0 radical (unpaired) electrons. The first kappa shape index (κ1) is 15.4. The summed E-state index contributed by atoms with van der Waals surface area (Å²) < 4.78 is 0. The molecular formula is C12H12Cl2N2O3S. The van der Waals surface area contributed by atoms with E-state index >= 15 is 0 Å². The van der Waals surface area contributed by atoms with Crippen LogP contribution in [0.1, 0.15) is 16.8 Å². The Morgan fingerprint density at radius 1 is 1.50 bits per heavy atom. The maximum Gasteiger partial charge on any atom is 0.305 e. The fourth-order valence-electron chi connectivity index (χ4n) is 2.02. The van der Waals surface area contributed by atoms with Crippen molar-refractivity contribution in [3.63, 3.8) is 0 Å². The van der Waals surface area contributed by atoms with E-state index in [9.17, 15) is 9.59 Å². The van der Waals surface area contributed by atoms with Gasteiger partial charge < -0.3 is 10.0 Å². The van der Waals surface area contributed by atoms with E-state index in [1.165, 1.54) is 12.3 Å². The van der Waals surface area contributed by atoms with Gasteiger partial charge in [0, 0.05) is 24.2 Å². The van der Waals surface area contributed by atoms with Crippen LogP contribution in [0.2, 0.25) is 10.2 Å². The number of carbonyl (C=O) groups excluding carboxylic acids is 1. The molecule has 1 aromatic heterocycles. The number of carboxylic acid groups (broad SMARTS) is 1. The molecule has 8 heteroatoms. The summed E-state index contributed by atoms with van der Waals surface area (Å²) in [5.74, 6) is 0.159. The zero-order chi connectivity index (χ0) is 14.7. The smallest absolute Gasteiger partial charge is 0.305 e. The van der Waals surface area contributed by atoms with Crippen LogP contribution in [0, 0.1) is 0 Å². The zero-order valence-corrected chi connectivity index (χ0v) is 12.7. The second-order valence-corrected chi connectivity index (χ2v) is 6.26. The van der Waals surface area contributed by atoms with Crippen molar-refractivity contribution in [2.45, 2.75) is 12.5 Å². The van der Waals surface area contributed by atoms with Gasteiger partial charge in [-0.1, -0.05) is 23.2 Å². The Hall–Kier alpha value is -0.980. The second kappa shape index (κ2) is 6.65. The third-order valence-corrected chi connectivity index (χ3v) is 4.55. The number of pyridine rings is 1. The predicted molar refractivity (Wildman–Crippen MR) is 78.7 cm³/mol. The molecular weight excluding hydrogens is 323 g/mol. The standard InChI is InChI=1S/C12H12Cl2N2O3S/c13-9-5-15-10(14)4-8(9)12(19)16-1-2-20-6-7(16)3-11(17)18/h4-5,7H,1-3,6H2,(H,17,18). The van der Waals surface area contributed by atoms with Gasteiger partial charge in [0.1, 0.15) is 5.15 Å². The number of hydrogen-bond donors (Lipinski definition) is 1. The van der Waals surface area contributed by atoms with Crippen molar-refractivity contribution in [3.8, 4) is 0 Å². The topological polar surface area (TPSA) is 70.5 Å². The van der Waals surface area contributed by atoms with Gasteiger partial charge in [-0.3, -0.25) is 9.59 Å². The third-order valence-electron chi connectivity index (χ3n) is 2.95. The summed E-state index contributed by atoms with van der Waals surface area (Å²) >= 11 is 13.4. The number of nitrogens with zero attached hydrogens (tertiary/aromatic N) is 2. The van der Waals surface area contributed by atoms with Gasteiger partial charge in [0.15, 0.2) is 0 Å². The summed E-state index contributed by atoms with van der Waals surface area (Å²) in [6.07, 6.45) is 1.25. The Kier molecular flexibility index (Phi) is 5.12. The molecule has 0 saturated carbocycles. The molecule has 0 bridgehead atoms. The van der Waals surface area contributed by atoms with Gasteiger partial charge in [0.25, 0.3) is 5.91 Å². The van der Waals surface area contributed by atoms with E-state index in [0.29, 0.717) is 12.3 Å². The number of amides is 1. The highest BCUT2D eigenvalue weighted by atomic mass is 35.5. The van der Waals surface area contributed by atoms with Crippen molar-refractivity contribution in [3.05, 3.63) is 28.0 Å². The molecule has 1 aliphatic rings. The average molecular weight is 335 g/mol. The number of aromatic nitrogens is 1. The number of carbonyl (C=O) groups is 2. The molecule has 0 aromatic carbocycles. The molecule has 2 heterocycles. The van der Waals surface area contributed by atoms with E-state index in [0.717, 1.165) is 5.75 Å². The predicted octanol–water partition coefficient (Wildman–Crippen LogP) is 2.42. The molecule has 1 N–H and O–H groups in total. The van der Waals surface area contributed by atoms with Gasteiger partial charge in [-0.05, 0) is 6.07 Å². The van der Waals surface area contributed by atoms with Crippen molar-refractivity contribution in [1.82, 2.24) is 9.88 Å². The van der Waals surface area contributed by atoms with Crippen LogP contribution in [0.15, 0.2) is 12.3 Å². The van der Waals surface area contributed by atoms with Crippen LogP contribution in [-0.4, -0.2) is 51.0 Å². The molecule has 1 unspecified atom stereocenters. The molecule has 20 heavy (non-hydrogen) atoms. The quantitative estimate of drug-likeness (QED) is 0.859. The van der Waals surface area contributed by atoms with Crippen LogP contribution < -0.4 is 0 Å². The minimum Gasteiger partial charge on any atom is -0.481 e. The highest BCUT2D eigenvalue weighted by Gasteiger charge is 2.30. The summed E-state index contributed by atoms with van der Waals surface area (Å²) in [5.41, 5.74) is 0.258. The Morgan fingerprint density at radius 3 is 2.95 bits per heavy atom. The monoisotopic (exact) mass is 334 g/mol. The number of aliphatic carboxylic acids is 1. The first-order valence-electron chi connectivity index (χ1n) is 5.90.